The molecule has 0 atom stereocenters. The first-order valence-corrected chi connectivity index (χ1v) is 8.87. The quantitative estimate of drug-likeness (QED) is 0.422. The molecular formula is C15H21Br2FO2. The van der Waals surface area contributed by atoms with E-state index in [0.717, 1.165) is 29.1 Å². The van der Waals surface area contributed by atoms with Gasteiger partial charge in [-0.1, -0.05) is 44.0 Å². The summed E-state index contributed by atoms with van der Waals surface area (Å²) in [5, 5.41) is 1.52. The lowest BCUT2D eigenvalue weighted by Gasteiger charge is -2.30. The standard InChI is InChI=1S/C15H21Br2FO2/c1-19-7-3-8-20-9-6-15(11-16,12-17)13-4-2-5-14(18)10-13/h2,4-5,10H,3,6-9,11-12H2,1H3. The maximum absolute atomic E-state index is 13.4. The molecule has 2 nitrogen and oxygen atoms in total. The molecular weight excluding hydrogens is 391 g/mol. The van der Waals surface area contributed by atoms with Crippen LogP contribution in [0.15, 0.2) is 24.3 Å². The van der Waals surface area contributed by atoms with E-state index >= 15 is 0 Å². The number of alkyl halides is 2. The molecule has 0 aliphatic rings. The van der Waals surface area contributed by atoms with E-state index in [2.05, 4.69) is 31.9 Å². The lowest BCUT2D eigenvalue weighted by molar-refractivity contribution is 0.0935. The molecule has 5 heteroatoms. The van der Waals surface area contributed by atoms with Gasteiger partial charge in [0.2, 0.25) is 0 Å². The van der Waals surface area contributed by atoms with E-state index in [9.17, 15) is 4.39 Å². The highest BCUT2D eigenvalue weighted by Gasteiger charge is 2.30. The molecule has 20 heavy (non-hydrogen) atoms. The first-order valence-electron chi connectivity index (χ1n) is 6.63. The average Bonchev–Trinajstić information content (AvgIpc) is 2.47. The van der Waals surface area contributed by atoms with Crippen LogP contribution in [0.5, 0.6) is 0 Å². The van der Waals surface area contributed by atoms with Crippen LogP contribution in [0.25, 0.3) is 0 Å². The molecule has 0 aromatic heterocycles. The second-order valence-corrected chi connectivity index (χ2v) is 5.89. The molecule has 0 spiro atoms. The van der Waals surface area contributed by atoms with Gasteiger partial charge in [0.25, 0.3) is 0 Å². The van der Waals surface area contributed by atoms with Crippen LogP contribution in [-0.2, 0) is 14.9 Å². The van der Waals surface area contributed by atoms with E-state index in [-0.39, 0.29) is 11.2 Å². The van der Waals surface area contributed by atoms with Crippen molar-refractivity contribution in [2.45, 2.75) is 18.3 Å². The van der Waals surface area contributed by atoms with Crippen molar-refractivity contribution in [3.05, 3.63) is 35.6 Å². The molecule has 0 saturated heterocycles. The van der Waals surface area contributed by atoms with Gasteiger partial charge in [0.1, 0.15) is 5.82 Å². The molecule has 0 fully saturated rings. The molecule has 0 radical (unpaired) electrons. The summed E-state index contributed by atoms with van der Waals surface area (Å²) in [6, 6.07) is 6.80. The van der Waals surface area contributed by atoms with Gasteiger partial charge in [-0.25, -0.2) is 4.39 Å². The summed E-state index contributed by atoms with van der Waals surface area (Å²) >= 11 is 7.12. The summed E-state index contributed by atoms with van der Waals surface area (Å²) in [7, 11) is 1.69. The predicted molar refractivity (Wildman–Crippen MR) is 87.6 cm³/mol. The topological polar surface area (TPSA) is 18.5 Å². The SMILES string of the molecule is COCCCOCCC(CBr)(CBr)c1cccc(F)c1. The van der Waals surface area contributed by atoms with E-state index in [0.29, 0.717) is 19.8 Å². The van der Waals surface area contributed by atoms with Gasteiger partial charge in [0, 0.05) is 43.0 Å². The molecule has 0 N–H and O–H groups in total. The van der Waals surface area contributed by atoms with Crippen molar-refractivity contribution in [2.75, 3.05) is 37.6 Å². The van der Waals surface area contributed by atoms with E-state index in [1.807, 2.05) is 6.07 Å². The van der Waals surface area contributed by atoms with Gasteiger partial charge in [-0.2, -0.15) is 0 Å². The van der Waals surface area contributed by atoms with Gasteiger partial charge in [0.15, 0.2) is 0 Å². The lowest BCUT2D eigenvalue weighted by Crippen LogP contribution is -2.32. The second kappa shape index (κ2) is 9.87. The smallest absolute Gasteiger partial charge is 0.123 e. The fourth-order valence-corrected chi connectivity index (χ4v) is 4.10. The Morgan fingerprint density at radius 3 is 2.50 bits per heavy atom. The monoisotopic (exact) mass is 410 g/mol. The predicted octanol–water partition coefficient (Wildman–Crippen LogP) is 4.30. The molecule has 1 rings (SSSR count). The highest BCUT2D eigenvalue weighted by Crippen LogP contribution is 2.32. The molecule has 0 heterocycles. The first kappa shape index (κ1) is 18.1. The number of halogens is 3. The van der Waals surface area contributed by atoms with Crippen LogP contribution < -0.4 is 0 Å². The minimum absolute atomic E-state index is 0.149. The van der Waals surface area contributed by atoms with Gasteiger partial charge < -0.3 is 9.47 Å². The zero-order valence-electron chi connectivity index (χ0n) is 11.7. The Bertz CT molecular complexity index is 384. The molecule has 0 aliphatic carbocycles. The molecule has 1 aromatic carbocycles. The van der Waals surface area contributed by atoms with Crippen LogP contribution in [0.2, 0.25) is 0 Å². The third-order valence-electron chi connectivity index (χ3n) is 3.31. The fourth-order valence-electron chi connectivity index (χ4n) is 1.96. The Hall–Kier alpha value is 0.0300. The maximum atomic E-state index is 13.4. The zero-order valence-corrected chi connectivity index (χ0v) is 14.9. The van der Waals surface area contributed by atoms with Crippen molar-refractivity contribution in [2.24, 2.45) is 0 Å². The van der Waals surface area contributed by atoms with Crippen LogP contribution in [0, 0.1) is 5.82 Å². The number of hydrogen-bond acceptors (Lipinski definition) is 2. The Balaban J connectivity index is 2.58. The molecule has 0 aliphatic heterocycles. The Morgan fingerprint density at radius 2 is 1.90 bits per heavy atom. The third-order valence-corrected chi connectivity index (χ3v) is 5.46. The van der Waals surface area contributed by atoms with E-state index in [4.69, 9.17) is 9.47 Å². The molecule has 114 valence electrons. The van der Waals surface area contributed by atoms with Crippen molar-refractivity contribution in [3.63, 3.8) is 0 Å². The van der Waals surface area contributed by atoms with Gasteiger partial charge in [-0.05, 0) is 30.5 Å². The van der Waals surface area contributed by atoms with Gasteiger partial charge in [-0.3, -0.25) is 0 Å². The van der Waals surface area contributed by atoms with Crippen molar-refractivity contribution < 1.29 is 13.9 Å². The number of hydrogen-bond donors (Lipinski definition) is 0. The number of rotatable bonds is 10. The summed E-state index contributed by atoms with van der Waals surface area (Å²) in [4.78, 5) is 0. The van der Waals surface area contributed by atoms with Crippen LogP contribution in [0.3, 0.4) is 0 Å². The Morgan fingerprint density at radius 1 is 1.15 bits per heavy atom. The van der Waals surface area contributed by atoms with Gasteiger partial charge in [-0.15, -0.1) is 0 Å². The summed E-state index contributed by atoms with van der Waals surface area (Å²) in [6.07, 6.45) is 1.73. The summed E-state index contributed by atoms with van der Waals surface area (Å²) < 4.78 is 24.0. The number of methoxy groups -OCH3 is 1. The first-order chi connectivity index (χ1) is 9.68. The summed E-state index contributed by atoms with van der Waals surface area (Å²) in [5.41, 5.74) is 0.843. The molecule has 0 amide bonds. The third kappa shape index (κ3) is 5.43. The average molecular weight is 412 g/mol. The van der Waals surface area contributed by atoms with Gasteiger partial charge in [0.05, 0.1) is 0 Å². The summed E-state index contributed by atoms with van der Waals surface area (Å²) in [6.45, 7) is 2.06. The Kier molecular flexibility index (Phi) is 8.93. The molecule has 0 saturated carbocycles. The minimum atomic E-state index is -0.199. The van der Waals surface area contributed by atoms with Gasteiger partial charge >= 0.3 is 0 Å². The van der Waals surface area contributed by atoms with Crippen molar-refractivity contribution in [1.82, 2.24) is 0 Å². The van der Waals surface area contributed by atoms with Crippen molar-refractivity contribution in [1.29, 1.82) is 0 Å². The highest BCUT2D eigenvalue weighted by molar-refractivity contribution is 9.09. The van der Waals surface area contributed by atoms with Crippen LogP contribution in [0.1, 0.15) is 18.4 Å². The van der Waals surface area contributed by atoms with Crippen molar-refractivity contribution in [3.8, 4) is 0 Å². The highest BCUT2D eigenvalue weighted by atomic mass is 79.9. The maximum Gasteiger partial charge on any atom is 0.123 e. The number of benzene rings is 1. The van der Waals surface area contributed by atoms with E-state index in [1.54, 1.807) is 19.2 Å². The number of ether oxygens (including phenoxy) is 2. The minimum Gasteiger partial charge on any atom is -0.385 e. The second-order valence-electron chi connectivity index (χ2n) is 4.77. The van der Waals surface area contributed by atoms with E-state index in [1.165, 1.54) is 6.07 Å². The molecule has 0 bridgehead atoms. The zero-order chi connectivity index (χ0) is 14.8. The Labute approximate surface area is 137 Å². The van der Waals surface area contributed by atoms with Crippen LogP contribution in [0.4, 0.5) is 4.39 Å². The lowest BCUT2D eigenvalue weighted by atomic mass is 9.81. The van der Waals surface area contributed by atoms with E-state index < -0.39 is 0 Å². The van der Waals surface area contributed by atoms with Crippen LogP contribution in [-0.4, -0.2) is 37.6 Å². The van der Waals surface area contributed by atoms with Crippen molar-refractivity contribution >= 4 is 31.9 Å². The fraction of sp³-hybridized carbons (Fsp3) is 0.600. The van der Waals surface area contributed by atoms with Crippen LogP contribution >= 0.6 is 31.9 Å². The summed E-state index contributed by atoms with van der Waals surface area (Å²) in [5.74, 6) is -0.199. The largest absolute Gasteiger partial charge is 0.385 e. The molecule has 1 aromatic rings. The normalized spacial score (nSPS) is 11.8. The molecule has 0 unspecified atom stereocenters.